The quantitative estimate of drug-likeness (QED) is 0.0599. The molecule has 2 heterocycles. The van der Waals surface area contributed by atoms with Gasteiger partial charge in [-0.05, 0) is 75.6 Å². The molecule has 2 rings (SSSR count). The van der Waals surface area contributed by atoms with Crippen molar-refractivity contribution in [2.45, 2.75) is 201 Å². The SMILES string of the molecule is CCCCCc1cc(C)c(CCCCCCCCCCC(=O)O[C@@H](CO)COC(=O)CCCCCCCCCCc2oc(CCC)cc2C)o1. The van der Waals surface area contributed by atoms with E-state index in [-0.39, 0.29) is 25.2 Å². The first-order valence-corrected chi connectivity index (χ1v) is 20.5. The van der Waals surface area contributed by atoms with Crippen molar-refractivity contribution in [3.05, 3.63) is 46.3 Å². The summed E-state index contributed by atoms with van der Waals surface area (Å²) in [5.41, 5.74) is 2.59. The number of carbonyl (C=O) groups is 2. The van der Waals surface area contributed by atoms with E-state index in [0.29, 0.717) is 12.8 Å². The Hall–Kier alpha value is -2.54. The predicted octanol–water partition coefficient (Wildman–Crippen LogP) is 11.4. The van der Waals surface area contributed by atoms with Gasteiger partial charge in [0, 0.05) is 38.5 Å². The number of furan rings is 2. The zero-order valence-corrected chi connectivity index (χ0v) is 32.4. The molecule has 0 unspecified atom stereocenters. The molecule has 0 radical (unpaired) electrons. The minimum Gasteiger partial charge on any atom is -0.466 e. The molecule has 0 spiro atoms. The number of aliphatic hydroxyl groups is 1. The minimum atomic E-state index is -0.792. The number of hydrogen-bond acceptors (Lipinski definition) is 7. The highest BCUT2D eigenvalue weighted by Gasteiger charge is 2.16. The van der Waals surface area contributed by atoms with E-state index < -0.39 is 6.10 Å². The van der Waals surface area contributed by atoms with E-state index in [1.165, 1.54) is 100 Å². The van der Waals surface area contributed by atoms with Crippen LogP contribution in [0, 0.1) is 13.8 Å². The maximum Gasteiger partial charge on any atom is 0.306 e. The fourth-order valence-corrected chi connectivity index (χ4v) is 6.58. The standard InChI is InChI=1S/C43H72O7/c1-5-7-20-26-38-32-36(4)41(49-38)28-22-17-13-9-11-15-19-24-30-43(46)50-39(33-44)34-47-42(45)29-23-18-14-10-8-12-16-21-27-40-35(3)31-37(48-40)25-6-2/h31-32,39,44H,5-30,33-34H2,1-4H3/t39-/m0/s1. The molecule has 0 aliphatic carbocycles. The van der Waals surface area contributed by atoms with Gasteiger partial charge in [-0.1, -0.05) is 104 Å². The number of aliphatic hydroxyl groups excluding tert-OH is 1. The van der Waals surface area contributed by atoms with E-state index in [9.17, 15) is 14.7 Å². The van der Waals surface area contributed by atoms with Crippen LogP contribution in [-0.4, -0.2) is 36.4 Å². The molecular weight excluding hydrogens is 628 g/mol. The number of unbranched alkanes of at least 4 members (excludes halogenated alkanes) is 16. The first-order valence-electron chi connectivity index (χ1n) is 20.5. The molecule has 1 atom stereocenters. The van der Waals surface area contributed by atoms with Crippen molar-refractivity contribution >= 4 is 11.9 Å². The van der Waals surface area contributed by atoms with Gasteiger partial charge < -0.3 is 23.4 Å². The molecule has 7 nitrogen and oxygen atoms in total. The van der Waals surface area contributed by atoms with E-state index in [0.717, 1.165) is 87.9 Å². The summed E-state index contributed by atoms with van der Waals surface area (Å²) in [6, 6.07) is 4.41. The van der Waals surface area contributed by atoms with Gasteiger partial charge in [-0.3, -0.25) is 9.59 Å². The highest BCUT2D eigenvalue weighted by molar-refractivity contribution is 5.70. The predicted molar refractivity (Wildman–Crippen MR) is 203 cm³/mol. The van der Waals surface area contributed by atoms with Crippen molar-refractivity contribution in [3.8, 4) is 0 Å². The third kappa shape index (κ3) is 20.3. The van der Waals surface area contributed by atoms with Crippen molar-refractivity contribution < 1.29 is 33.0 Å². The van der Waals surface area contributed by atoms with Gasteiger partial charge in [-0.2, -0.15) is 0 Å². The Kier molecular flexibility index (Phi) is 24.5. The summed E-state index contributed by atoms with van der Waals surface area (Å²) < 4.78 is 22.7. The zero-order valence-electron chi connectivity index (χ0n) is 32.4. The van der Waals surface area contributed by atoms with Crippen LogP contribution in [0.4, 0.5) is 0 Å². The maximum absolute atomic E-state index is 12.2. The molecule has 0 fully saturated rings. The molecule has 0 aromatic carbocycles. The van der Waals surface area contributed by atoms with E-state index >= 15 is 0 Å². The molecule has 0 amide bonds. The molecular formula is C43H72O7. The van der Waals surface area contributed by atoms with Crippen LogP contribution < -0.4 is 0 Å². The number of rotatable bonds is 32. The van der Waals surface area contributed by atoms with Crippen LogP contribution in [0.15, 0.2) is 21.0 Å². The summed E-state index contributed by atoms with van der Waals surface area (Å²) in [6.07, 6.45) is 26.7. The van der Waals surface area contributed by atoms with E-state index in [1.807, 2.05) is 0 Å². The van der Waals surface area contributed by atoms with Gasteiger partial charge in [-0.15, -0.1) is 0 Å². The fourth-order valence-electron chi connectivity index (χ4n) is 6.58. The minimum absolute atomic E-state index is 0.0852. The monoisotopic (exact) mass is 701 g/mol. The Morgan fingerprint density at radius 1 is 0.580 bits per heavy atom. The third-order valence-electron chi connectivity index (χ3n) is 9.67. The van der Waals surface area contributed by atoms with Crippen molar-refractivity contribution in [2.24, 2.45) is 0 Å². The van der Waals surface area contributed by atoms with Gasteiger partial charge in [0.05, 0.1) is 6.61 Å². The molecule has 7 heteroatoms. The largest absolute Gasteiger partial charge is 0.466 e. The van der Waals surface area contributed by atoms with Crippen molar-refractivity contribution in [1.29, 1.82) is 0 Å². The Labute approximate surface area is 304 Å². The average molecular weight is 701 g/mol. The molecule has 1 N–H and O–H groups in total. The Morgan fingerprint density at radius 2 is 1.02 bits per heavy atom. The zero-order chi connectivity index (χ0) is 36.2. The summed E-state index contributed by atoms with van der Waals surface area (Å²) in [7, 11) is 0. The molecule has 50 heavy (non-hydrogen) atoms. The van der Waals surface area contributed by atoms with Crippen molar-refractivity contribution in [3.63, 3.8) is 0 Å². The molecule has 2 aromatic heterocycles. The molecule has 0 saturated heterocycles. The van der Waals surface area contributed by atoms with Crippen LogP contribution >= 0.6 is 0 Å². The Bertz CT molecular complexity index is 1150. The van der Waals surface area contributed by atoms with E-state index in [2.05, 4.69) is 39.8 Å². The fraction of sp³-hybridized carbons (Fsp3) is 0.767. The first kappa shape index (κ1) is 43.6. The van der Waals surface area contributed by atoms with Crippen molar-refractivity contribution in [2.75, 3.05) is 13.2 Å². The highest BCUT2D eigenvalue weighted by Crippen LogP contribution is 2.21. The van der Waals surface area contributed by atoms with Crippen LogP contribution in [0.2, 0.25) is 0 Å². The normalized spacial score (nSPS) is 12.0. The number of aryl methyl sites for hydroxylation is 6. The summed E-state index contributed by atoms with van der Waals surface area (Å²) in [5, 5.41) is 9.60. The number of hydrogen-bond donors (Lipinski definition) is 1. The van der Waals surface area contributed by atoms with E-state index in [4.69, 9.17) is 18.3 Å². The second-order valence-electron chi connectivity index (χ2n) is 14.5. The lowest BCUT2D eigenvalue weighted by molar-refractivity contribution is -0.161. The smallest absolute Gasteiger partial charge is 0.306 e. The van der Waals surface area contributed by atoms with Gasteiger partial charge in [0.1, 0.15) is 29.6 Å². The van der Waals surface area contributed by atoms with Crippen molar-refractivity contribution in [1.82, 2.24) is 0 Å². The molecule has 2 aromatic rings. The maximum atomic E-state index is 12.2. The van der Waals surface area contributed by atoms with Crippen LogP contribution in [0.5, 0.6) is 0 Å². The summed E-state index contributed by atoms with van der Waals surface area (Å²) in [6.45, 7) is 8.29. The Balaban J connectivity index is 1.37. The average Bonchev–Trinajstić information content (AvgIpc) is 3.64. The van der Waals surface area contributed by atoms with E-state index in [1.54, 1.807) is 0 Å². The Morgan fingerprint density at radius 3 is 1.50 bits per heavy atom. The molecule has 0 aliphatic heterocycles. The van der Waals surface area contributed by atoms with Gasteiger partial charge >= 0.3 is 11.9 Å². The topological polar surface area (TPSA) is 99.1 Å². The second-order valence-corrected chi connectivity index (χ2v) is 14.5. The lowest BCUT2D eigenvalue weighted by Crippen LogP contribution is -2.28. The highest BCUT2D eigenvalue weighted by atomic mass is 16.6. The van der Waals surface area contributed by atoms with Gasteiger partial charge in [0.2, 0.25) is 0 Å². The number of ether oxygens (including phenoxy) is 2. The summed E-state index contributed by atoms with van der Waals surface area (Å²) in [4.78, 5) is 24.4. The van der Waals surface area contributed by atoms with Gasteiger partial charge in [0.25, 0.3) is 0 Å². The molecule has 286 valence electrons. The van der Waals surface area contributed by atoms with Crippen LogP contribution in [0.3, 0.4) is 0 Å². The number of carbonyl (C=O) groups excluding carboxylic acids is 2. The molecule has 0 bridgehead atoms. The first-order chi connectivity index (χ1) is 24.4. The summed E-state index contributed by atoms with van der Waals surface area (Å²) >= 11 is 0. The second kappa shape index (κ2) is 28.1. The number of esters is 2. The van der Waals surface area contributed by atoms with Crippen LogP contribution in [0.1, 0.15) is 189 Å². The van der Waals surface area contributed by atoms with Crippen LogP contribution in [-0.2, 0) is 44.7 Å². The third-order valence-corrected chi connectivity index (χ3v) is 9.67. The van der Waals surface area contributed by atoms with Gasteiger partial charge in [-0.25, -0.2) is 0 Å². The molecule has 0 aliphatic rings. The molecule has 0 saturated carbocycles. The van der Waals surface area contributed by atoms with Crippen LogP contribution in [0.25, 0.3) is 0 Å². The summed E-state index contributed by atoms with van der Waals surface area (Å²) in [5.74, 6) is 3.96. The van der Waals surface area contributed by atoms with Gasteiger partial charge in [0.15, 0.2) is 6.10 Å². The lowest BCUT2D eigenvalue weighted by atomic mass is 10.1. The lowest BCUT2D eigenvalue weighted by Gasteiger charge is -2.15.